The number of nitrogens with zero attached hydrogens (tertiary/aromatic N) is 1. The number of likely N-dealkylation sites (tertiary alicyclic amines) is 1. The Labute approximate surface area is 151 Å². The molecule has 0 aliphatic carbocycles. The third-order valence-corrected chi connectivity index (χ3v) is 4.47. The second-order valence-corrected chi connectivity index (χ2v) is 6.37. The van der Waals surface area contributed by atoms with Gasteiger partial charge in [0.1, 0.15) is 11.6 Å². The molecule has 0 aromatic heterocycles. The van der Waals surface area contributed by atoms with Crippen LogP contribution in [0, 0.1) is 11.7 Å². The highest BCUT2D eigenvalue weighted by atomic mass is 19.1. The predicted octanol–water partition coefficient (Wildman–Crippen LogP) is 2.50. The Morgan fingerprint density at radius 2 is 2.00 bits per heavy atom. The van der Waals surface area contributed by atoms with Gasteiger partial charge < -0.3 is 15.0 Å². The van der Waals surface area contributed by atoms with E-state index < -0.39 is 0 Å². The van der Waals surface area contributed by atoms with E-state index in [1.165, 1.54) is 12.1 Å². The lowest BCUT2D eigenvalue weighted by molar-refractivity contribution is -0.129. The molecule has 2 aromatic rings. The molecule has 2 aromatic carbocycles. The van der Waals surface area contributed by atoms with Gasteiger partial charge in [-0.25, -0.2) is 4.39 Å². The zero-order valence-corrected chi connectivity index (χ0v) is 14.6. The molecule has 5 nitrogen and oxygen atoms in total. The Balaban J connectivity index is 1.53. The van der Waals surface area contributed by atoms with Crippen molar-refractivity contribution in [1.29, 1.82) is 0 Å². The lowest BCUT2D eigenvalue weighted by atomic mass is 10.1. The van der Waals surface area contributed by atoms with Gasteiger partial charge in [0.15, 0.2) is 0 Å². The van der Waals surface area contributed by atoms with Crippen LogP contribution >= 0.6 is 0 Å². The monoisotopic (exact) mass is 356 g/mol. The quantitative estimate of drug-likeness (QED) is 0.865. The topological polar surface area (TPSA) is 58.6 Å². The van der Waals surface area contributed by atoms with Gasteiger partial charge in [-0.2, -0.15) is 0 Å². The van der Waals surface area contributed by atoms with Crippen molar-refractivity contribution in [2.45, 2.75) is 19.5 Å². The van der Waals surface area contributed by atoms with E-state index in [9.17, 15) is 14.0 Å². The fraction of sp³-hybridized carbons (Fsp3) is 0.300. The van der Waals surface area contributed by atoms with Crippen molar-refractivity contribution in [3.63, 3.8) is 0 Å². The minimum atomic E-state index is -0.380. The van der Waals surface area contributed by atoms with Crippen LogP contribution in [0.1, 0.15) is 17.5 Å². The Morgan fingerprint density at radius 1 is 1.23 bits per heavy atom. The number of rotatable bonds is 6. The highest BCUT2D eigenvalue weighted by Gasteiger charge is 2.34. The molecular formula is C20H21FN2O3. The first-order valence-electron chi connectivity index (χ1n) is 8.48. The Hall–Kier alpha value is -2.89. The summed E-state index contributed by atoms with van der Waals surface area (Å²) in [6.45, 7) is 1.11. The number of carbonyl (C=O) groups excluding carboxylic acids is 2. The summed E-state index contributed by atoms with van der Waals surface area (Å²) >= 11 is 0. The van der Waals surface area contributed by atoms with Crippen molar-refractivity contribution in [2.24, 2.45) is 5.92 Å². The third-order valence-electron chi connectivity index (χ3n) is 4.47. The Kier molecular flexibility index (Phi) is 5.51. The summed E-state index contributed by atoms with van der Waals surface area (Å²) in [6, 6.07) is 13.6. The van der Waals surface area contributed by atoms with Gasteiger partial charge in [-0.3, -0.25) is 9.59 Å². The van der Waals surface area contributed by atoms with Gasteiger partial charge in [0.2, 0.25) is 11.8 Å². The van der Waals surface area contributed by atoms with E-state index in [-0.39, 0.29) is 36.5 Å². The summed E-state index contributed by atoms with van der Waals surface area (Å²) in [7, 11) is 1.60. The van der Waals surface area contributed by atoms with Crippen molar-refractivity contribution < 1.29 is 18.7 Å². The second-order valence-electron chi connectivity index (χ2n) is 6.37. The summed E-state index contributed by atoms with van der Waals surface area (Å²) < 4.78 is 18.3. The molecule has 0 bridgehead atoms. The lowest BCUT2D eigenvalue weighted by Gasteiger charge is -2.17. The summed E-state index contributed by atoms with van der Waals surface area (Å²) in [4.78, 5) is 26.2. The highest BCUT2D eigenvalue weighted by molar-refractivity contribution is 5.89. The molecule has 26 heavy (non-hydrogen) atoms. The van der Waals surface area contributed by atoms with Gasteiger partial charge in [-0.1, -0.05) is 24.3 Å². The summed E-state index contributed by atoms with van der Waals surface area (Å²) in [5.74, 6) is -0.171. The van der Waals surface area contributed by atoms with Crippen LogP contribution in [0.5, 0.6) is 5.75 Å². The molecule has 136 valence electrons. The molecular weight excluding hydrogens is 335 g/mol. The maximum Gasteiger partial charge on any atom is 0.225 e. The van der Waals surface area contributed by atoms with Crippen molar-refractivity contribution in [3.8, 4) is 5.75 Å². The first kappa shape index (κ1) is 17.9. The van der Waals surface area contributed by atoms with Gasteiger partial charge in [-0.15, -0.1) is 0 Å². The van der Waals surface area contributed by atoms with E-state index in [2.05, 4.69) is 5.32 Å². The first-order chi connectivity index (χ1) is 12.5. The molecule has 0 unspecified atom stereocenters. The predicted molar refractivity (Wildman–Crippen MR) is 94.8 cm³/mol. The van der Waals surface area contributed by atoms with Crippen LogP contribution in [0.25, 0.3) is 0 Å². The van der Waals surface area contributed by atoms with Crippen molar-refractivity contribution in [2.75, 3.05) is 13.7 Å². The molecule has 1 saturated heterocycles. The van der Waals surface area contributed by atoms with E-state index in [1.54, 1.807) is 24.1 Å². The molecule has 3 rings (SSSR count). The number of methoxy groups -OCH3 is 1. The Bertz CT molecular complexity index is 792. The minimum absolute atomic E-state index is 0.0354. The van der Waals surface area contributed by atoms with Crippen LogP contribution < -0.4 is 10.1 Å². The van der Waals surface area contributed by atoms with E-state index in [1.807, 2.05) is 24.3 Å². The summed E-state index contributed by atoms with van der Waals surface area (Å²) in [6.07, 6.45) is 0.200. The number of amides is 2. The number of carbonyl (C=O) groups is 2. The zero-order valence-electron chi connectivity index (χ0n) is 14.6. The van der Waals surface area contributed by atoms with Gasteiger partial charge in [0.25, 0.3) is 0 Å². The maximum atomic E-state index is 13.2. The molecule has 1 N–H and O–H groups in total. The molecule has 1 aliphatic rings. The molecule has 0 radical (unpaired) electrons. The van der Waals surface area contributed by atoms with Crippen molar-refractivity contribution >= 4 is 11.8 Å². The standard InChI is InChI=1S/C20H21FN2O3/c1-26-18-7-5-14(6-8-18)12-23-13-16(10-19(23)24)20(25)22-11-15-3-2-4-17(21)9-15/h2-9,16H,10-13H2,1H3,(H,22,25)/t16-/m1/s1. The van der Waals surface area contributed by atoms with Crippen molar-refractivity contribution in [1.82, 2.24) is 10.2 Å². The van der Waals surface area contributed by atoms with E-state index in [0.29, 0.717) is 18.7 Å². The molecule has 1 fully saturated rings. The molecule has 1 heterocycles. The normalized spacial score (nSPS) is 16.6. The lowest BCUT2D eigenvalue weighted by Crippen LogP contribution is -2.32. The van der Waals surface area contributed by atoms with E-state index in [4.69, 9.17) is 4.74 Å². The fourth-order valence-corrected chi connectivity index (χ4v) is 3.03. The van der Waals surface area contributed by atoms with Gasteiger partial charge >= 0.3 is 0 Å². The largest absolute Gasteiger partial charge is 0.497 e. The van der Waals surface area contributed by atoms with Crippen LogP contribution in [0.4, 0.5) is 4.39 Å². The maximum absolute atomic E-state index is 13.2. The molecule has 0 spiro atoms. The first-order valence-corrected chi connectivity index (χ1v) is 8.48. The van der Waals surface area contributed by atoms with Gasteiger partial charge in [0.05, 0.1) is 13.0 Å². The second kappa shape index (κ2) is 7.99. The fourth-order valence-electron chi connectivity index (χ4n) is 3.03. The number of halogens is 1. The van der Waals surface area contributed by atoms with Crippen LogP contribution in [-0.4, -0.2) is 30.4 Å². The number of hydrogen-bond acceptors (Lipinski definition) is 3. The zero-order chi connectivity index (χ0) is 18.5. The molecule has 1 aliphatic heterocycles. The number of benzene rings is 2. The highest BCUT2D eigenvalue weighted by Crippen LogP contribution is 2.21. The van der Waals surface area contributed by atoms with Gasteiger partial charge in [0, 0.05) is 26.1 Å². The minimum Gasteiger partial charge on any atom is -0.497 e. The van der Waals surface area contributed by atoms with Crippen LogP contribution in [0.2, 0.25) is 0 Å². The number of hydrogen-bond donors (Lipinski definition) is 1. The number of nitrogens with one attached hydrogen (secondary N) is 1. The average molecular weight is 356 g/mol. The molecule has 0 saturated carbocycles. The molecule has 1 atom stereocenters. The van der Waals surface area contributed by atoms with E-state index >= 15 is 0 Å². The smallest absolute Gasteiger partial charge is 0.225 e. The van der Waals surface area contributed by atoms with E-state index in [0.717, 1.165) is 11.3 Å². The molecule has 2 amide bonds. The summed E-state index contributed by atoms with van der Waals surface area (Å²) in [5.41, 5.74) is 1.68. The van der Waals surface area contributed by atoms with Crippen LogP contribution in [0.15, 0.2) is 48.5 Å². The third kappa shape index (κ3) is 4.39. The average Bonchev–Trinajstić information content (AvgIpc) is 3.01. The Morgan fingerprint density at radius 3 is 2.69 bits per heavy atom. The molecule has 6 heteroatoms. The number of ether oxygens (including phenoxy) is 1. The van der Waals surface area contributed by atoms with Crippen LogP contribution in [-0.2, 0) is 22.7 Å². The summed E-state index contributed by atoms with van der Waals surface area (Å²) in [5, 5.41) is 2.79. The van der Waals surface area contributed by atoms with Crippen molar-refractivity contribution in [3.05, 3.63) is 65.5 Å². The van der Waals surface area contributed by atoms with Crippen LogP contribution in [0.3, 0.4) is 0 Å². The van der Waals surface area contributed by atoms with Gasteiger partial charge in [-0.05, 0) is 35.4 Å². The SMILES string of the molecule is COc1ccc(CN2C[C@H](C(=O)NCc3cccc(F)c3)CC2=O)cc1.